The lowest BCUT2D eigenvalue weighted by atomic mass is 10.1. The van der Waals surface area contributed by atoms with Gasteiger partial charge in [-0.1, -0.05) is 43.0 Å². The van der Waals surface area contributed by atoms with Gasteiger partial charge in [0.25, 0.3) is 0 Å². The number of aliphatic hydroxyl groups excluding tert-OH is 1. The van der Waals surface area contributed by atoms with E-state index in [1.54, 1.807) is 13.2 Å². The van der Waals surface area contributed by atoms with Crippen LogP contribution in [0.25, 0.3) is 0 Å². The number of rotatable bonds is 9. The van der Waals surface area contributed by atoms with Gasteiger partial charge in [-0.25, -0.2) is 0 Å². The molecule has 0 bridgehead atoms. The van der Waals surface area contributed by atoms with Gasteiger partial charge in [-0.05, 0) is 23.8 Å². The van der Waals surface area contributed by atoms with Crippen LogP contribution in [0, 0.1) is 0 Å². The van der Waals surface area contributed by atoms with E-state index in [2.05, 4.69) is 11.9 Å². The Bertz CT molecular complexity index is 613. The molecule has 23 heavy (non-hydrogen) atoms. The molecule has 4 heteroatoms. The van der Waals surface area contributed by atoms with Crippen molar-refractivity contribution in [3.05, 3.63) is 72.3 Å². The van der Waals surface area contributed by atoms with Crippen LogP contribution in [0.15, 0.2) is 61.2 Å². The third-order valence-corrected chi connectivity index (χ3v) is 3.54. The predicted molar refractivity (Wildman–Crippen MR) is 90.6 cm³/mol. The number of aliphatic hydroxyl groups is 1. The molecule has 1 atom stereocenters. The molecule has 0 aliphatic heterocycles. The molecule has 0 heterocycles. The van der Waals surface area contributed by atoms with Crippen LogP contribution in [0.1, 0.15) is 17.2 Å². The highest BCUT2D eigenvalue weighted by Crippen LogP contribution is 2.27. The summed E-state index contributed by atoms with van der Waals surface area (Å²) in [6, 6.07) is 15.6. The molecule has 0 aliphatic rings. The van der Waals surface area contributed by atoms with E-state index in [-0.39, 0.29) is 0 Å². The monoisotopic (exact) mass is 314 g/mol. The molecule has 0 aromatic heterocycles. The van der Waals surface area contributed by atoms with Crippen LogP contribution in [-0.4, -0.2) is 25.4 Å². The lowest BCUT2D eigenvalue weighted by Crippen LogP contribution is -2.83. The highest BCUT2D eigenvalue weighted by atomic mass is 16.5. The first-order valence-electron chi connectivity index (χ1n) is 7.70. The summed E-state index contributed by atoms with van der Waals surface area (Å²) in [6.07, 6.45) is 1.24. The van der Waals surface area contributed by atoms with Gasteiger partial charge in [0, 0.05) is 5.56 Å². The van der Waals surface area contributed by atoms with Gasteiger partial charge in [0.1, 0.15) is 25.8 Å². The largest absolute Gasteiger partial charge is 0.493 e. The van der Waals surface area contributed by atoms with Crippen LogP contribution in [-0.2, 0) is 6.54 Å². The number of ether oxygens (including phenoxy) is 2. The second-order valence-corrected chi connectivity index (χ2v) is 5.24. The molecule has 0 spiro atoms. The van der Waals surface area contributed by atoms with Crippen LogP contribution in [0.3, 0.4) is 0 Å². The minimum atomic E-state index is -0.465. The molecular formula is C19H24NO3+. The van der Waals surface area contributed by atoms with Gasteiger partial charge in [-0.15, -0.1) is 0 Å². The summed E-state index contributed by atoms with van der Waals surface area (Å²) in [5.41, 5.74) is 2.06. The Morgan fingerprint density at radius 3 is 2.65 bits per heavy atom. The smallest absolute Gasteiger partial charge is 0.161 e. The fourth-order valence-corrected chi connectivity index (χ4v) is 2.33. The van der Waals surface area contributed by atoms with E-state index in [0.29, 0.717) is 24.7 Å². The van der Waals surface area contributed by atoms with Gasteiger partial charge < -0.3 is 19.9 Å². The Hall–Kier alpha value is -2.30. The van der Waals surface area contributed by atoms with E-state index in [1.807, 2.05) is 48.5 Å². The molecule has 2 aromatic rings. The SMILES string of the molecule is C=CCOc1ccc(C[NH2+]C[C@H](O)c2ccccc2)cc1OC. The van der Waals surface area contributed by atoms with Crippen molar-refractivity contribution in [2.75, 3.05) is 20.3 Å². The van der Waals surface area contributed by atoms with Gasteiger partial charge in [-0.2, -0.15) is 0 Å². The minimum absolute atomic E-state index is 0.450. The molecule has 0 saturated heterocycles. The third kappa shape index (κ3) is 5.13. The highest BCUT2D eigenvalue weighted by molar-refractivity contribution is 5.42. The van der Waals surface area contributed by atoms with Crippen LogP contribution >= 0.6 is 0 Å². The van der Waals surface area contributed by atoms with E-state index in [0.717, 1.165) is 17.7 Å². The van der Waals surface area contributed by atoms with Crippen molar-refractivity contribution in [2.45, 2.75) is 12.6 Å². The van der Waals surface area contributed by atoms with Gasteiger partial charge >= 0.3 is 0 Å². The summed E-state index contributed by atoms with van der Waals surface area (Å²) >= 11 is 0. The lowest BCUT2D eigenvalue weighted by Gasteiger charge is -2.12. The average Bonchev–Trinajstić information content (AvgIpc) is 2.61. The number of quaternary nitrogens is 1. The molecule has 0 saturated carbocycles. The fourth-order valence-electron chi connectivity index (χ4n) is 2.33. The quantitative estimate of drug-likeness (QED) is 0.697. The van der Waals surface area contributed by atoms with Crippen LogP contribution in [0.2, 0.25) is 0 Å². The third-order valence-electron chi connectivity index (χ3n) is 3.54. The Labute approximate surface area is 137 Å². The van der Waals surface area contributed by atoms with E-state index in [4.69, 9.17) is 9.47 Å². The Morgan fingerprint density at radius 2 is 1.96 bits per heavy atom. The second-order valence-electron chi connectivity index (χ2n) is 5.24. The van der Waals surface area contributed by atoms with Gasteiger partial charge in [-0.3, -0.25) is 0 Å². The first-order chi connectivity index (χ1) is 11.2. The Kier molecular flexibility index (Phi) is 6.66. The minimum Gasteiger partial charge on any atom is -0.493 e. The molecule has 0 amide bonds. The molecule has 0 radical (unpaired) electrons. The fraction of sp³-hybridized carbons (Fsp3) is 0.263. The summed E-state index contributed by atoms with van der Waals surface area (Å²) in [4.78, 5) is 0. The zero-order valence-corrected chi connectivity index (χ0v) is 13.4. The summed E-state index contributed by atoms with van der Waals surface area (Å²) in [5.74, 6) is 1.42. The van der Waals surface area contributed by atoms with Crippen molar-refractivity contribution >= 4 is 0 Å². The molecule has 4 nitrogen and oxygen atoms in total. The van der Waals surface area contributed by atoms with Crippen LogP contribution in [0.4, 0.5) is 0 Å². The van der Waals surface area contributed by atoms with Crippen molar-refractivity contribution in [1.82, 2.24) is 0 Å². The molecule has 0 unspecified atom stereocenters. The van der Waals surface area contributed by atoms with Crippen molar-refractivity contribution in [2.24, 2.45) is 0 Å². The van der Waals surface area contributed by atoms with E-state index in [1.165, 1.54) is 0 Å². The normalized spacial score (nSPS) is 11.7. The number of methoxy groups -OCH3 is 1. The van der Waals surface area contributed by atoms with Crippen LogP contribution < -0.4 is 14.8 Å². The number of hydrogen-bond donors (Lipinski definition) is 2. The molecule has 2 aromatic carbocycles. The molecular weight excluding hydrogens is 290 g/mol. The summed E-state index contributed by atoms with van der Waals surface area (Å²) in [7, 11) is 1.63. The van der Waals surface area contributed by atoms with Crippen LogP contribution in [0.5, 0.6) is 11.5 Å². The summed E-state index contributed by atoms with van der Waals surface area (Å²) in [6.45, 7) is 5.46. The topological polar surface area (TPSA) is 55.3 Å². The van der Waals surface area contributed by atoms with E-state index in [9.17, 15) is 5.11 Å². The van der Waals surface area contributed by atoms with E-state index >= 15 is 0 Å². The number of benzene rings is 2. The maximum atomic E-state index is 10.2. The maximum absolute atomic E-state index is 10.2. The van der Waals surface area contributed by atoms with Crippen molar-refractivity contribution in [3.8, 4) is 11.5 Å². The summed E-state index contributed by atoms with van der Waals surface area (Å²) < 4.78 is 10.9. The van der Waals surface area contributed by atoms with Gasteiger partial charge in [0.15, 0.2) is 11.5 Å². The summed E-state index contributed by atoms with van der Waals surface area (Å²) in [5, 5.41) is 12.2. The predicted octanol–water partition coefficient (Wildman–Crippen LogP) is 2.06. The number of nitrogens with two attached hydrogens (primary N) is 1. The van der Waals surface area contributed by atoms with E-state index < -0.39 is 6.10 Å². The molecule has 2 rings (SSSR count). The van der Waals surface area contributed by atoms with Gasteiger partial charge in [0.05, 0.1) is 7.11 Å². The Balaban J connectivity index is 1.89. The molecule has 122 valence electrons. The zero-order valence-electron chi connectivity index (χ0n) is 13.4. The highest BCUT2D eigenvalue weighted by Gasteiger charge is 2.10. The molecule has 0 fully saturated rings. The number of hydrogen-bond acceptors (Lipinski definition) is 3. The maximum Gasteiger partial charge on any atom is 0.161 e. The standard InChI is InChI=1S/C19H23NO3/c1-3-11-23-18-10-9-15(12-19(18)22-2)13-20-14-17(21)16-7-5-4-6-8-16/h3-10,12,17,20-21H,1,11,13-14H2,2H3/p+1/t17-/m0/s1. The molecule has 0 aliphatic carbocycles. The van der Waals surface area contributed by atoms with Gasteiger partial charge in [0.2, 0.25) is 0 Å². The second kappa shape index (κ2) is 8.98. The lowest BCUT2D eigenvalue weighted by molar-refractivity contribution is -0.677. The zero-order chi connectivity index (χ0) is 16.5. The van der Waals surface area contributed by atoms with Crippen molar-refractivity contribution in [1.29, 1.82) is 0 Å². The van der Waals surface area contributed by atoms with Crippen molar-refractivity contribution in [3.63, 3.8) is 0 Å². The average molecular weight is 314 g/mol. The molecule has 3 N–H and O–H groups in total. The van der Waals surface area contributed by atoms with Crippen molar-refractivity contribution < 1.29 is 19.9 Å². The first kappa shape index (κ1) is 17.1. The first-order valence-corrected chi connectivity index (χ1v) is 7.70. The Morgan fingerprint density at radius 1 is 1.17 bits per heavy atom.